The molecule has 5 heteroatoms. The van der Waals surface area contributed by atoms with Crippen LogP contribution in [0.5, 0.6) is 5.88 Å². The minimum atomic E-state index is -0.312. The van der Waals surface area contributed by atoms with Crippen LogP contribution in [0, 0.1) is 6.92 Å². The van der Waals surface area contributed by atoms with Gasteiger partial charge in [0.15, 0.2) is 0 Å². The molecule has 108 valence electrons. The molecule has 5 nitrogen and oxygen atoms in total. The number of nitrogens with zero attached hydrogens (tertiary/aromatic N) is 2. The average Bonchev–Trinajstić information content (AvgIpc) is 2.96. The zero-order valence-electron chi connectivity index (χ0n) is 11.9. The number of rotatable bonds is 1. The third kappa shape index (κ3) is 1.72. The highest BCUT2D eigenvalue weighted by Crippen LogP contribution is 2.28. The van der Waals surface area contributed by atoms with Crippen molar-refractivity contribution in [3.05, 3.63) is 64.6 Å². The molecule has 0 radical (unpaired) electrons. The van der Waals surface area contributed by atoms with Crippen LogP contribution in [-0.4, -0.2) is 19.7 Å². The van der Waals surface area contributed by atoms with Crippen LogP contribution in [0.4, 0.5) is 0 Å². The number of aromatic amines is 1. The second-order valence-electron chi connectivity index (χ2n) is 5.28. The number of aromatic hydroxyl groups is 1. The lowest BCUT2D eigenvalue weighted by molar-refractivity contribution is 0.429. The van der Waals surface area contributed by atoms with Gasteiger partial charge in [-0.15, -0.1) is 0 Å². The monoisotopic (exact) mass is 291 g/mol. The van der Waals surface area contributed by atoms with Gasteiger partial charge < -0.3 is 10.1 Å². The Bertz CT molecular complexity index is 1080. The summed E-state index contributed by atoms with van der Waals surface area (Å²) in [7, 11) is 0. The van der Waals surface area contributed by atoms with Crippen molar-refractivity contribution in [2.75, 3.05) is 0 Å². The SMILES string of the molecule is Cc1c(O)n2ncc(-c3ccc4ccccc4c3)c2[nH]c1=O. The van der Waals surface area contributed by atoms with E-state index in [2.05, 4.69) is 10.1 Å². The van der Waals surface area contributed by atoms with Crippen LogP contribution in [0.3, 0.4) is 0 Å². The maximum Gasteiger partial charge on any atom is 0.257 e. The molecule has 0 aliphatic rings. The van der Waals surface area contributed by atoms with Gasteiger partial charge in [0.2, 0.25) is 5.88 Å². The quantitative estimate of drug-likeness (QED) is 0.566. The molecule has 0 unspecified atom stereocenters. The van der Waals surface area contributed by atoms with Gasteiger partial charge in [0.1, 0.15) is 5.65 Å². The van der Waals surface area contributed by atoms with E-state index < -0.39 is 0 Å². The van der Waals surface area contributed by atoms with E-state index in [1.165, 1.54) is 4.52 Å². The van der Waals surface area contributed by atoms with Crippen molar-refractivity contribution in [1.82, 2.24) is 14.6 Å². The molecule has 4 aromatic rings. The predicted octanol–water partition coefficient (Wildman–Crippen LogP) is 2.86. The first-order chi connectivity index (χ1) is 10.6. The number of hydrogen-bond acceptors (Lipinski definition) is 3. The smallest absolute Gasteiger partial charge is 0.257 e. The molecule has 22 heavy (non-hydrogen) atoms. The lowest BCUT2D eigenvalue weighted by Gasteiger charge is -2.04. The minimum Gasteiger partial charge on any atom is -0.493 e. The Labute approximate surface area is 125 Å². The second kappa shape index (κ2) is 4.46. The molecule has 0 aliphatic heterocycles. The molecular weight excluding hydrogens is 278 g/mol. The molecule has 0 atom stereocenters. The number of H-pyrrole nitrogens is 1. The predicted molar refractivity (Wildman–Crippen MR) is 85.2 cm³/mol. The number of benzene rings is 2. The molecule has 0 saturated heterocycles. The van der Waals surface area contributed by atoms with Crippen LogP contribution in [0.2, 0.25) is 0 Å². The van der Waals surface area contributed by atoms with E-state index in [1.54, 1.807) is 13.1 Å². The molecule has 0 spiro atoms. The van der Waals surface area contributed by atoms with Gasteiger partial charge in [-0.3, -0.25) is 4.79 Å². The zero-order chi connectivity index (χ0) is 15.3. The van der Waals surface area contributed by atoms with Gasteiger partial charge in [-0.2, -0.15) is 9.61 Å². The molecule has 2 aromatic carbocycles. The van der Waals surface area contributed by atoms with Gasteiger partial charge in [0.25, 0.3) is 5.56 Å². The van der Waals surface area contributed by atoms with E-state index in [-0.39, 0.29) is 17.0 Å². The Hall–Kier alpha value is -3.08. The Morgan fingerprint density at radius 2 is 1.91 bits per heavy atom. The van der Waals surface area contributed by atoms with E-state index in [1.807, 2.05) is 42.5 Å². The average molecular weight is 291 g/mol. The highest BCUT2D eigenvalue weighted by atomic mass is 16.3. The number of fused-ring (bicyclic) bond motifs is 2. The van der Waals surface area contributed by atoms with E-state index >= 15 is 0 Å². The molecule has 0 amide bonds. The van der Waals surface area contributed by atoms with Crippen LogP contribution in [0.1, 0.15) is 5.56 Å². The molecule has 2 N–H and O–H groups in total. The van der Waals surface area contributed by atoms with Crippen molar-refractivity contribution in [1.29, 1.82) is 0 Å². The van der Waals surface area contributed by atoms with E-state index in [0.717, 1.165) is 21.9 Å². The molecular formula is C17H13N3O2. The Morgan fingerprint density at radius 3 is 2.73 bits per heavy atom. The fraction of sp³-hybridized carbons (Fsp3) is 0.0588. The van der Waals surface area contributed by atoms with Crippen LogP contribution < -0.4 is 5.56 Å². The van der Waals surface area contributed by atoms with E-state index in [4.69, 9.17) is 0 Å². The van der Waals surface area contributed by atoms with Crippen molar-refractivity contribution in [2.24, 2.45) is 0 Å². The standard InChI is InChI=1S/C17H13N3O2/c1-10-16(21)19-15-14(9-18-20(15)17(10)22)13-7-6-11-4-2-3-5-12(11)8-13/h2-9,22H,1H3,(H,19,21). The number of hydrogen-bond donors (Lipinski definition) is 2. The van der Waals surface area contributed by atoms with Gasteiger partial charge in [-0.05, 0) is 29.3 Å². The first-order valence-electron chi connectivity index (χ1n) is 6.94. The molecule has 0 fully saturated rings. The van der Waals surface area contributed by atoms with Gasteiger partial charge in [-0.1, -0.05) is 36.4 Å². The molecule has 2 heterocycles. The number of nitrogens with one attached hydrogen (secondary N) is 1. The van der Waals surface area contributed by atoms with Crippen LogP contribution in [0.25, 0.3) is 27.5 Å². The Morgan fingerprint density at radius 1 is 1.14 bits per heavy atom. The lowest BCUT2D eigenvalue weighted by atomic mass is 10.0. The highest BCUT2D eigenvalue weighted by Gasteiger charge is 2.14. The largest absolute Gasteiger partial charge is 0.493 e. The summed E-state index contributed by atoms with van der Waals surface area (Å²) in [5.41, 5.74) is 2.14. The Balaban J connectivity index is 2.02. The van der Waals surface area contributed by atoms with Crippen LogP contribution in [-0.2, 0) is 0 Å². The summed E-state index contributed by atoms with van der Waals surface area (Å²) in [5, 5.41) is 16.5. The summed E-state index contributed by atoms with van der Waals surface area (Å²) >= 11 is 0. The van der Waals surface area contributed by atoms with E-state index in [9.17, 15) is 9.90 Å². The highest BCUT2D eigenvalue weighted by molar-refractivity contribution is 5.89. The van der Waals surface area contributed by atoms with Crippen molar-refractivity contribution < 1.29 is 5.11 Å². The topological polar surface area (TPSA) is 70.4 Å². The summed E-state index contributed by atoms with van der Waals surface area (Å²) in [6, 6.07) is 14.1. The zero-order valence-corrected chi connectivity index (χ0v) is 11.9. The maximum absolute atomic E-state index is 11.9. The summed E-state index contributed by atoms with van der Waals surface area (Å²) in [6.45, 7) is 1.56. The van der Waals surface area contributed by atoms with Gasteiger partial charge in [0, 0.05) is 5.56 Å². The molecule has 0 bridgehead atoms. The summed E-state index contributed by atoms with van der Waals surface area (Å²) in [4.78, 5) is 14.7. The minimum absolute atomic E-state index is 0.134. The third-order valence-electron chi connectivity index (χ3n) is 3.94. The summed E-state index contributed by atoms with van der Waals surface area (Å²) < 4.78 is 1.35. The lowest BCUT2D eigenvalue weighted by Crippen LogP contribution is -2.12. The van der Waals surface area contributed by atoms with Crippen molar-refractivity contribution >= 4 is 16.4 Å². The molecule has 0 saturated carbocycles. The maximum atomic E-state index is 11.9. The normalized spacial score (nSPS) is 11.3. The van der Waals surface area contributed by atoms with Gasteiger partial charge in [0.05, 0.1) is 11.8 Å². The summed E-state index contributed by atoms with van der Waals surface area (Å²) in [6.07, 6.45) is 1.65. The van der Waals surface area contributed by atoms with Crippen LogP contribution in [0.15, 0.2) is 53.5 Å². The van der Waals surface area contributed by atoms with Crippen LogP contribution >= 0.6 is 0 Å². The fourth-order valence-corrected chi connectivity index (χ4v) is 2.66. The second-order valence-corrected chi connectivity index (χ2v) is 5.28. The first-order valence-corrected chi connectivity index (χ1v) is 6.94. The molecule has 0 aliphatic carbocycles. The third-order valence-corrected chi connectivity index (χ3v) is 3.94. The van der Waals surface area contributed by atoms with E-state index in [0.29, 0.717) is 5.65 Å². The molecule has 2 aromatic heterocycles. The van der Waals surface area contributed by atoms with Gasteiger partial charge >= 0.3 is 0 Å². The van der Waals surface area contributed by atoms with Crippen molar-refractivity contribution in [2.45, 2.75) is 6.92 Å². The summed E-state index contributed by atoms with van der Waals surface area (Å²) in [5.74, 6) is -0.134. The van der Waals surface area contributed by atoms with Crippen molar-refractivity contribution in [3.8, 4) is 17.0 Å². The first kappa shape index (κ1) is 12.6. The fourth-order valence-electron chi connectivity index (χ4n) is 2.66. The number of aromatic nitrogens is 3. The van der Waals surface area contributed by atoms with Gasteiger partial charge in [-0.25, -0.2) is 0 Å². The molecule has 4 rings (SSSR count). The Kier molecular flexibility index (Phi) is 2.56. The van der Waals surface area contributed by atoms with Crippen molar-refractivity contribution in [3.63, 3.8) is 0 Å².